The Morgan fingerprint density at radius 2 is 2.12 bits per heavy atom. The summed E-state index contributed by atoms with van der Waals surface area (Å²) in [5, 5.41) is 8.91. The van der Waals surface area contributed by atoms with Crippen LogP contribution in [0.3, 0.4) is 0 Å². The molecule has 2 atom stereocenters. The van der Waals surface area contributed by atoms with Crippen molar-refractivity contribution in [3.63, 3.8) is 0 Å². The third-order valence-electron chi connectivity index (χ3n) is 4.33. The van der Waals surface area contributed by atoms with Gasteiger partial charge in [-0.2, -0.15) is 0 Å². The summed E-state index contributed by atoms with van der Waals surface area (Å²) in [6.45, 7) is 11.6. The molecule has 1 aliphatic rings. The Morgan fingerprint density at radius 1 is 1.44 bits per heavy atom. The van der Waals surface area contributed by atoms with E-state index in [1.165, 1.54) is 37.7 Å². The van der Waals surface area contributed by atoms with E-state index in [2.05, 4.69) is 27.4 Å². The maximum Gasteiger partial charge on any atom is 0.0433 e. The molecule has 1 saturated carbocycles. The van der Waals surface area contributed by atoms with E-state index in [4.69, 9.17) is 5.11 Å². The predicted octanol–water partition coefficient (Wildman–Crippen LogP) is 4.17. The van der Waals surface area contributed by atoms with Crippen molar-refractivity contribution in [1.29, 1.82) is 0 Å². The van der Waals surface area contributed by atoms with Crippen molar-refractivity contribution in [3.05, 3.63) is 12.2 Å². The Labute approximate surface area is 101 Å². The lowest BCUT2D eigenvalue weighted by Crippen LogP contribution is -2.29. The second-order valence-corrected chi connectivity index (χ2v) is 6.25. The average Bonchev–Trinajstić information content (AvgIpc) is 2.16. The molecule has 0 aromatic heterocycles. The van der Waals surface area contributed by atoms with Gasteiger partial charge >= 0.3 is 0 Å². The van der Waals surface area contributed by atoms with Crippen molar-refractivity contribution in [1.82, 2.24) is 0 Å². The smallest absolute Gasteiger partial charge is 0.0433 e. The molecule has 1 N–H and O–H groups in total. The van der Waals surface area contributed by atoms with Gasteiger partial charge in [0.05, 0.1) is 0 Å². The molecule has 1 fully saturated rings. The summed E-state index contributed by atoms with van der Waals surface area (Å²) in [5.41, 5.74) is 1.90. The zero-order chi connectivity index (χ0) is 12.2. The van der Waals surface area contributed by atoms with Crippen molar-refractivity contribution in [3.8, 4) is 0 Å². The Morgan fingerprint density at radius 3 is 2.69 bits per heavy atom. The van der Waals surface area contributed by atoms with Crippen molar-refractivity contribution >= 4 is 0 Å². The monoisotopic (exact) mass is 224 g/mol. The molecule has 0 radical (unpaired) electrons. The molecule has 0 amide bonds. The van der Waals surface area contributed by atoms with E-state index in [1.54, 1.807) is 0 Å². The summed E-state index contributed by atoms with van der Waals surface area (Å²) in [5.74, 6) is 1.35. The summed E-state index contributed by atoms with van der Waals surface area (Å²) in [4.78, 5) is 0. The largest absolute Gasteiger partial charge is 0.396 e. The molecule has 0 aromatic carbocycles. The summed E-state index contributed by atoms with van der Waals surface area (Å²) < 4.78 is 0. The molecule has 0 heterocycles. The van der Waals surface area contributed by atoms with Crippen LogP contribution in [0, 0.1) is 17.3 Å². The van der Waals surface area contributed by atoms with Crippen molar-refractivity contribution < 1.29 is 5.11 Å². The summed E-state index contributed by atoms with van der Waals surface area (Å²) in [6, 6.07) is 0. The number of rotatable bonds is 5. The molecule has 0 aromatic rings. The van der Waals surface area contributed by atoms with E-state index in [0.717, 1.165) is 6.42 Å². The third kappa shape index (κ3) is 3.62. The van der Waals surface area contributed by atoms with Gasteiger partial charge < -0.3 is 5.11 Å². The van der Waals surface area contributed by atoms with E-state index in [0.29, 0.717) is 23.9 Å². The van der Waals surface area contributed by atoms with Crippen LogP contribution in [0.2, 0.25) is 0 Å². The van der Waals surface area contributed by atoms with Gasteiger partial charge in [-0.05, 0) is 49.4 Å². The van der Waals surface area contributed by atoms with Gasteiger partial charge in [0.25, 0.3) is 0 Å². The molecule has 0 spiro atoms. The standard InChI is InChI=1S/C15H28O/c1-12(9-11-16)7-8-14-13(2)6-5-10-15(14,3)4/h12,14,16H,2,5-11H2,1,3-4H3. The van der Waals surface area contributed by atoms with Gasteiger partial charge in [-0.3, -0.25) is 0 Å². The van der Waals surface area contributed by atoms with Crippen LogP contribution in [0.5, 0.6) is 0 Å². The molecule has 94 valence electrons. The quantitative estimate of drug-likeness (QED) is 0.695. The second kappa shape index (κ2) is 5.86. The summed E-state index contributed by atoms with van der Waals surface area (Å²) >= 11 is 0. The lowest BCUT2D eigenvalue weighted by Gasteiger charge is -2.40. The van der Waals surface area contributed by atoms with Crippen LogP contribution < -0.4 is 0 Å². The fourth-order valence-corrected chi connectivity index (χ4v) is 3.08. The maximum absolute atomic E-state index is 8.91. The minimum Gasteiger partial charge on any atom is -0.396 e. The van der Waals surface area contributed by atoms with E-state index in [-0.39, 0.29) is 0 Å². The van der Waals surface area contributed by atoms with Gasteiger partial charge in [-0.15, -0.1) is 0 Å². The van der Waals surface area contributed by atoms with Crippen molar-refractivity contribution in [2.45, 2.75) is 59.3 Å². The minimum atomic E-state index is 0.330. The van der Waals surface area contributed by atoms with Crippen LogP contribution in [0.25, 0.3) is 0 Å². The molecule has 1 rings (SSSR count). The van der Waals surface area contributed by atoms with E-state index >= 15 is 0 Å². The SMILES string of the molecule is C=C1CCCC(C)(C)C1CCC(C)CCO. The van der Waals surface area contributed by atoms with Crippen LogP contribution >= 0.6 is 0 Å². The third-order valence-corrected chi connectivity index (χ3v) is 4.33. The van der Waals surface area contributed by atoms with Crippen molar-refractivity contribution in [2.75, 3.05) is 6.61 Å². The van der Waals surface area contributed by atoms with Crippen LogP contribution in [-0.2, 0) is 0 Å². The number of allylic oxidation sites excluding steroid dienone is 1. The molecule has 2 unspecified atom stereocenters. The zero-order valence-electron chi connectivity index (χ0n) is 11.3. The molecule has 16 heavy (non-hydrogen) atoms. The molecular weight excluding hydrogens is 196 g/mol. The molecule has 1 nitrogen and oxygen atoms in total. The van der Waals surface area contributed by atoms with E-state index in [9.17, 15) is 0 Å². The van der Waals surface area contributed by atoms with Gasteiger partial charge in [-0.25, -0.2) is 0 Å². The van der Waals surface area contributed by atoms with Crippen LogP contribution in [0.15, 0.2) is 12.2 Å². The zero-order valence-corrected chi connectivity index (χ0v) is 11.3. The molecule has 1 heteroatoms. The number of hydrogen-bond donors (Lipinski definition) is 1. The minimum absolute atomic E-state index is 0.330. The number of aliphatic hydroxyl groups excluding tert-OH is 1. The Hall–Kier alpha value is -0.300. The topological polar surface area (TPSA) is 20.2 Å². The van der Waals surface area contributed by atoms with Gasteiger partial charge in [-0.1, -0.05) is 39.3 Å². The Balaban J connectivity index is 2.46. The predicted molar refractivity (Wildman–Crippen MR) is 70.4 cm³/mol. The molecular formula is C15H28O. The second-order valence-electron chi connectivity index (χ2n) is 6.25. The lowest BCUT2D eigenvalue weighted by molar-refractivity contribution is 0.167. The van der Waals surface area contributed by atoms with Crippen LogP contribution in [0.1, 0.15) is 59.3 Å². The first-order chi connectivity index (χ1) is 7.47. The van der Waals surface area contributed by atoms with Gasteiger partial charge in [0.15, 0.2) is 0 Å². The first-order valence-electron chi connectivity index (χ1n) is 6.76. The molecule has 0 aliphatic heterocycles. The summed E-state index contributed by atoms with van der Waals surface area (Å²) in [7, 11) is 0. The normalized spacial score (nSPS) is 26.8. The van der Waals surface area contributed by atoms with Crippen LogP contribution in [0.4, 0.5) is 0 Å². The maximum atomic E-state index is 8.91. The van der Waals surface area contributed by atoms with E-state index < -0.39 is 0 Å². The van der Waals surface area contributed by atoms with Gasteiger partial charge in [0, 0.05) is 6.61 Å². The van der Waals surface area contributed by atoms with E-state index in [1.807, 2.05) is 0 Å². The van der Waals surface area contributed by atoms with Gasteiger partial charge in [0.1, 0.15) is 0 Å². The fraction of sp³-hybridized carbons (Fsp3) is 0.867. The number of hydrogen-bond acceptors (Lipinski definition) is 1. The Kier molecular flexibility index (Phi) is 5.04. The highest BCUT2D eigenvalue weighted by Gasteiger charge is 2.34. The molecule has 0 saturated heterocycles. The number of aliphatic hydroxyl groups is 1. The van der Waals surface area contributed by atoms with Crippen molar-refractivity contribution in [2.24, 2.45) is 17.3 Å². The molecule has 0 bridgehead atoms. The molecule has 1 aliphatic carbocycles. The Bertz CT molecular complexity index is 230. The average molecular weight is 224 g/mol. The summed E-state index contributed by atoms with van der Waals surface area (Å²) in [6.07, 6.45) is 7.31. The van der Waals surface area contributed by atoms with Gasteiger partial charge in [0.2, 0.25) is 0 Å². The first-order valence-corrected chi connectivity index (χ1v) is 6.76. The van der Waals surface area contributed by atoms with Crippen LogP contribution in [-0.4, -0.2) is 11.7 Å². The highest BCUT2D eigenvalue weighted by atomic mass is 16.3. The highest BCUT2D eigenvalue weighted by Crippen LogP contribution is 2.45. The lowest BCUT2D eigenvalue weighted by atomic mass is 9.65. The first kappa shape index (κ1) is 13.8. The fourth-order valence-electron chi connectivity index (χ4n) is 3.08. The highest BCUT2D eigenvalue weighted by molar-refractivity contribution is 5.09.